The summed E-state index contributed by atoms with van der Waals surface area (Å²) in [5, 5.41) is 18.0. The number of amides is 1. The number of nitrogens with one attached hydrogen (secondary N) is 1. The van der Waals surface area contributed by atoms with Crippen molar-refractivity contribution in [2.75, 3.05) is 18.4 Å². The molecule has 3 aromatic carbocycles. The van der Waals surface area contributed by atoms with Gasteiger partial charge in [0, 0.05) is 35.9 Å². The van der Waals surface area contributed by atoms with Crippen LogP contribution in [0.3, 0.4) is 0 Å². The molecule has 3 heterocycles. The zero-order valence-electron chi connectivity index (χ0n) is 27.5. The van der Waals surface area contributed by atoms with Gasteiger partial charge in [-0.05, 0) is 126 Å². The first-order valence-electron chi connectivity index (χ1n) is 16.3. The number of nitrogens with zero attached hydrogens (tertiary/aromatic N) is 4. The second-order valence-corrected chi connectivity index (χ2v) is 13.7. The number of carbonyl (C=O) groups is 2. The molecule has 1 aliphatic rings. The molecule has 9 heteroatoms. The number of rotatable bonds is 9. The van der Waals surface area contributed by atoms with Gasteiger partial charge in [-0.25, -0.2) is 9.18 Å². The Bertz CT molecular complexity index is 1890. The summed E-state index contributed by atoms with van der Waals surface area (Å²) in [5.41, 5.74) is 5.88. The number of benzene rings is 3. The lowest BCUT2D eigenvalue weighted by atomic mass is 9.93. The van der Waals surface area contributed by atoms with Crippen LogP contribution in [0.25, 0.3) is 22.2 Å². The van der Waals surface area contributed by atoms with Crippen LogP contribution in [0.5, 0.6) is 0 Å². The van der Waals surface area contributed by atoms with E-state index < -0.39 is 5.97 Å². The highest BCUT2D eigenvalue weighted by atomic mass is 19.1. The number of anilines is 1. The van der Waals surface area contributed by atoms with Gasteiger partial charge in [-0.3, -0.25) is 14.4 Å². The highest BCUT2D eigenvalue weighted by Gasteiger charge is 2.26. The molecule has 0 aliphatic carbocycles. The number of hydrogen-bond donors (Lipinski definition) is 2. The van der Waals surface area contributed by atoms with Crippen molar-refractivity contribution in [1.29, 1.82) is 0 Å². The van der Waals surface area contributed by atoms with E-state index in [4.69, 9.17) is 5.11 Å². The molecule has 6 rings (SSSR count). The van der Waals surface area contributed by atoms with E-state index in [9.17, 15) is 14.0 Å². The smallest absolute Gasteiger partial charge is 0.335 e. The number of aromatic carboxylic acids is 1. The van der Waals surface area contributed by atoms with Crippen LogP contribution < -0.4 is 5.32 Å². The average Bonchev–Trinajstić information content (AvgIpc) is 3.63. The highest BCUT2D eigenvalue weighted by Crippen LogP contribution is 2.31. The molecular weight excluding hydrogens is 593 g/mol. The van der Waals surface area contributed by atoms with Crippen molar-refractivity contribution in [3.8, 4) is 11.3 Å². The molecule has 0 atom stereocenters. The zero-order chi connectivity index (χ0) is 33.3. The van der Waals surface area contributed by atoms with Crippen LogP contribution in [-0.2, 0) is 18.6 Å². The van der Waals surface area contributed by atoms with Crippen LogP contribution in [0, 0.1) is 18.7 Å². The van der Waals surface area contributed by atoms with E-state index in [-0.39, 0.29) is 17.3 Å². The first kappa shape index (κ1) is 32.2. The van der Waals surface area contributed by atoms with Crippen molar-refractivity contribution in [1.82, 2.24) is 19.2 Å². The predicted octanol–water partition coefficient (Wildman–Crippen LogP) is 7.96. The topological polar surface area (TPSA) is 92.4 Å². The Morgan fingerprint density at radius 3 is 2.36 bits per heavy atom. The molecule has 0 spiro atoms. The molecule has 1 fully saturated rings. The Kier molecular flexibility index (Phi) is 9.01. The standard InChI is InChI=1S/C38H42FN5O3/c1-25-23-43(20-17-26-15-18-42(19-16-26)24-27-5-7-29(8-6-27)37(46)47)34-21-31(13-14-32(25)34)41-36(45)33-22-40-44(38(2,3)4)35(33)28-9-11-30(39)12-10-28/h5-14,21-23,26H,15-20,24H2,1-4H3,(H,41,45)(H,46,47). The summed E-state index contributed by atoms with van der Waals surface area (Å²) in [6.07, 6.45) is 7.13. The molecule has 0 unspecified atom stereocenters. The first-order valence-corrected chi connectivity index (χ1v) is 16.3. The Labute approximate surface area is 274 Å². The number of fused-ring (bicyclic) bond motifs is 1. The van der Waals surface area contributed by atoms with Gasteiger partial charge in [0.05, 0.1) is 34.1 Å². The van der Waals surface area contributed by atoms with Gasteiger partial charge in [-0.15, -0.1) is 0 Å². The van der Waals surface area contributed by atoms with Gasteiger partial charge in [-0.2, -0.15) is 5.10 Å². The maximum absolute atomic E-state index is 13.7. The number of carboxylic acids is 1. The Balaban J connectivity index is 1.12. The van der Waals surface area contributed by atoms with Gasteiger partial charge in [-0.1, -0.05) is 18.2 Å². The maximum Gasteiger partial charge on any atom is 0.335 e. The van der Waals surface area contributed by atoms with E-state index in [1.54, 1.807) is 30.5 Å². The van der Waals surface area contributed by atoms with Gasteiger partial charge < -0.3 is 15.0 Å². The van der Waals surface area contributed by atoms with Crippen LogP contribution in [-0.4, -0.2) is 49.3 Å². The van der Waals surface area contributed by atoms with Gasteiger partial charge in [0.1, 0.15) is 5.82 Å². The Morgan fingerprint density at radius 1 is 1.00 bits per heavy atom. The van der Waals surface area contributed by atoms with Crippen molar-refractivity contribution in [3.05, 3.63) is 107 Å². The van der Waals surface area contributed by atoms with Crippen LogP contribution in [0.2, 0.25) is 0 Å². The van der Waals surface area contributed by atoms with Crippen LogP contribution in [0.4, 0.5) is 10.1 Å². The first-order chi connectivity index (χ1) is 22.5. The lowest BCUT2D eigenvalue weighted by Gasteiger charge is -2.32. The molecule has 47 heavy (non-hydrogen) atoms. The summed E-state index contributed by atoms with van der Waals surface area (Å²) in [5.74, 6) is -0.866. The Hall–Kier alpha value is -4.76. The summed E-state index contributed by atoms with van der Waals surface area (Å²) >= 11 is 0. The summed E-state index contributed by atoms with van der Waals surface area (Å²) in [4.78, 5) is 27.3. The van der Waals surface area contributed by atoms with Crippen LogP contribution >= 0.6 is 0 Å². The van der Waals surface area contributed by atoms with Gasteiger partial charge in [0.2, 0.25) is 0 Å². The minimum Gasteiger partial charge on any atom is -0.478 e. The van der Waals surface area contributed by atoms with Gasteiger partial charge in [0.25, 0.3) is 5.91 Å². The molecule has 0 saturated carbocycles. The molecule has 1 aliphatic heterocycles. The summed E-state index contributed by atoms with van der Waals surface area (Å²) in [6.45, 7) is 12.0. The quantitative estimate of drug-likeness (QED) is 0.171. The molecular formula is C38H42FN5O3. The lowest BCUT2D eigenvalue weighted by molar-refractivity contribution is 0.0696. The third kappa shape index (κ3) is 7.15. The third-order valence-corrected chi connectivity index (χ3v) is 9.20. The predicted molar refractivity (Wildman–Crippen MR) is 183 cm³/mol. The molecule has 0 radical (unpaired) electrons. The van der Waals surface area contributed by atoms with E-state index in [2.05, 4.69) is 39.1 Å². The fourth-order valence-electron chi connectivity index (χ4n) is 6.61. The minimum absolute atomic E-state index is 0.265. The van der Waals surface area contributed by atoms with Crippen molar-refractivity contribution < 1.29 is 19.1 Å². The van der Waals surface area contributed by atoms with Crippen molar-refractivity contribution in [2.24, 2.45) is 5.92 Å². The second-order valence-electron chi connectivity index (χ2n) is 13.7. The number of piperidine rings is 1. The monoisotopic (exact) mass is 635 g/mol. The number of halogens is 1. The minimum atomic E-state index is -0.898. The number of hydrogen-bond acceptors (Lipinski definition) is 4. The molecule has 1 saturated heterocycles. The third-order valence-electron chi connectivity index (χ3n) is 9.20. The lowest BCUT2D eigenvalue weighted by Crippen LogP contribution is -2.33. The van der Waals surface area contributed by atoms with Gasteiger partial charge in [0.15, 0.2) is 0 Å². The van der Waals surface area contributed by atoms with E-state index in [1.807, 2.05) is 49.7 Å². The maximum atomic E-state index is 13.7. The number of aromatic nitrogens is 3. The Morgan fingerprint density at radius 2 is 1.70 bits per heavy atom. The van der Waals surface area contributed by atoms with E-state index in [0.717, 1.165) is 62.1 Å². The fourth-order valence-corrected chi connectivity index (χ4v) is 6.61. The van der Waals surface area contributed by atoms with Crippen molar-refractivity contribution in [2.45, 2.75) is 65.6 Å². The van der Waals surface area contributed by atoms with Crippen molar-refractivity contribution >= 4 is 28.5 Å². The SMILES string of the molecule is Cc1cn(CCC2CCN(Cc3ccc(C(=O)O)cc3)CC2)c2cc(NC(=O)c3cnn(C(C)(C)C)c3-c3ccc(F)cc3)ccc12. The van der Waals surface area contributed by atoms with Crippen molar-refractivity contribution in [3.63, 3.8) is 0 Å². The average molecular weight is 636 g/mol. The molecule has 0 bridgehead atoms. The van der Waals surface area contributed by atoms with E-state index >= 15 is 0 Å². The molecule has 2 N–H and O–H groups in total. The zero-order valence-corrected chi connectivity index (χ0v) is 27.5. The molecule has 5 aromatic rings. The fraction of sp³-hybridized carbons (Fsp3) is 0.342. The second kappa shape index (κ2) is 13.2. The number of carbonyl (C=O) groups excluding carboxylic acids is 1. The molecule has 1 amide bonds. The number of carboxylic acid groups (broad SMARTS) is 1. The highest BCUT2D eigenvalue weighted by molar-refractivity contribution is 6.08. The molecule has 244 valence electrons. The largest absolute Gasteiger partial charge is 0.478 e. The molecule has 8 nitrogen and oxygen atoms in total. The summed E-state index contributed by atoms with van der Waals surface area (Å²) < 4.78 is 17.8. The normalized spacial score (nSPS) is 14.5. The van der Waals surface area contributed by atoms with Gasteiger partial charge >= 0.3 is 5.97 Å². The van der Waals surface area contributed by atoms with Crippen LogP contribution in [0.15, 0.2) is 79.1 Å². The summed E-state index contributed by atoms with van der Waals surface area (Å²) in [7, 11) is 0. The number of likely N-dealkylation sites (tertiary alicyclic amines) is 1. The number of aryl methyl sites for hydroxylation is 2. The molecule has 2 aromatic heterocycles. The van der Waals surface area contributed by atoms with Crippen LogP contribution in [0.1, 0.15) is 71.9 Å². The van der Waals surface area contributed by atoms with E-state index in [0.29, 0.717) is 28.4 Å². The van der Waals surface area contributed by atoms with E-state index in [1.165, 1.54) is 23.1 Å². The summed E-state index contributed by atoms with van der Waals surface area (Å²) in [6, 6.07) is 19.4.